The molecule has 0 aliphatic carbocycles. The zero-order valence-corrected chi connectivity index (χ0v) is 21.3. The Morgan fingerprint density at radius 3 is 1.29 bits per heavy atom. The van der Waals surface area contributed by atoms with Crippen LogP contribution in [0, 0.1) is 0 Å². The van der Waals surface area contributed by atoms with Crippen molar-refractivity contribution >= 4 is 34.2 Å². The highest BCUT2D eigenvalue weighted by atomic mass is 15.0. The van der Waals surface area contributed by atoms with Crippen LogP contribution in [0.3, 0.4) is 0 Å². The molecule has 2 aromatic carbocycles. The van der Waals surface area contributed by atoms with E-state index in [1.54, 1.807) is 0 Å². The summed E-state index contributed by atoms with van der Waals surface area (Å²) in [6, 6.07) is 16.7. The molecule has 0 unspecified atom stereocenters. The van der Waals surface area contributed by atoms with Gasteiger partial charge >= 0.3 is 0 Å². The van der Waals surface area contributed by atoms with E-state index in [-0.39, 0.29) is 0 Å². The molecule has 2 aromatic rings. The van der Waals surface area contributed by atoms with E-state index in [0.29, 0.717) is 0 Å². The maximum Gasteiger partial charge on any atom is 0.0867 e. The SMILES string of the molecule is CCCC1=Nc2ccccc2N/C(CCC)=C\C(CCC)=Nc2ccccc2N/C(CCC)=C\1. The van der Waals surface area contributed by atoms with Crippen LogP contribution in [0.1, 0.15) is 79.1 Å². The molecule has 2 N–H and O–H groups in total. The van der Waals surface area contributed by atoms with Gasteiger partial charge in [0.05, 0.1) is 22.7 Å². The minimum Gasteiger partial charge on any atom is -0.357 e. The van der Waals surface area contributed by atoms with Crippen molar-refractivity contribution < 1.29 is 0 Å². The van der Waals surface area contributed by atoms with E-state index >= 15 is 0 Å². The van der Waals surface area contributed by atoms with Gasteiger partial charge in [-0.3, -0.25) is 9.98 Å². The number of hydrogen-bond acceptors (Lipinski definition) is 4. The van der Waals surface area contributed by atoms with Gasteiger partial charge in [0, 0.05) is 22.8 Å². The summed E-state index contributed by atoms with van der Waals surface area (Å²) in [5.41, 5.74) is 8.60. The molecule has 0 bridgehead atoms. The van der Waals surface area contributed by atoms with Crippen molar-refractivity contribution in [3.8, 4) is 0 Å². The number of fused-ring (bicyclic) bond motifs is 2. The molecule has 0 saturated heterocycles. The molecule has 1 aliphatic heterocycles. The van der Waals surface area contributed by atoms with Crippen molar-refractivity contribution in [2.45, 2.75) is 79.1 Å². The first-order valence-corrected chi connectivity index (χ1v) is 12.9. The van der Waals surface area contributed by atoms with Crippen LogP contribution < -0.4 is 10.6 Å². The molecule has 0 fully saturated rings. The summed E-state index contributed by atoms with van der Waals surface area (Å²) < 4.78 is 0. The molecule has 3 rings (SSSR count). The zero-order chi connectivity index (χ0) is 24.2. The van der Waals surface area contributed by atoms with Crippen molar-refractivity contribution in [2.24, 2.45) is 9.98 Å². The van der Waals surface area contributed by atoms with Gasteiger partial charge in [0.25, 0.3) is 0 Å². The average Bonchev–Trinajstić information content (AvgIpc) is 2.81. The molecule has 0 atom stereocenters. The number of para-hydroxylation sites is 4. The van der Waals surface area contributed by atoms with Gasteiger partial charge in [-0.2, -0.15) is 0 Å². The molecule has 0 spiro atoms. The van der Waals surface area contributed by atoms with Gasteiger partial charge in [0.1, 0.15) is 0 Å². The molecular formula is C30H40N4. The summed E-state index contributed by atoms with van der Waals surface area (Å²) in [6.07, 6.45) is 12.5. The average molecular weight is 457 g/mol. The number of nitrogens with one attached hydrogen (secondary N) is 2. The molecule has 4 nitrogen and oxygen atoms in total. The number of benzene rings is 2. The topological polar surface area (TPSA) is 48.8 Å². The molecule has 0 radical (unpaired) electrons. The van der Waals surface area contributed by atoms with E-state index in [1.807, 2.05) is 0 Å². The summed E-state index contributed by atoms with van der Waals surface area (Å²) in [6.45, 7) is 8.85. The highest BCUT2D eigenvalue weighted by Gasteiger charge is 2.10. The van der Waals surface area contributed by atoms with E-state index in [4.69, 9.17) is 9.98 Å². The Labute approximate surface area is 206 Å². The molecular weight excluding hydrogens is 416 g/mol. The van der Waals surface area contributed by atoms with E-state index in [0.717, 1.165) is 85.5 Å². The van der Waals surface area contributed by atoms with Gasteiger partial charge in [0.2, 0.25) is 0 Å². The molecule has 0 aromatic heterocycles. The van der Waals surface area contributed by atoms with E-state index in [9.17, 15) is 0 Å². The largest absolute Gasteiger partial charge is 0.357 e. The van der Waals surface area contributed by atoms with Crippen LogP contribution in [0.2, 0.25) is 0 Å². The van der Waals surface area contributed by atoms with Crippen LogP contribution >= 0.6 is 0 Å². The second kappa shape index (κ2) is 13.5. The van der Waals surface area contributed by atoms with Crippen LogP contribution in [-0.2, 0) is 0 Å². The Morgan fingerprint density at radius 1 is 0.529 bits per heavy atom. The van der Waals surface area contributed by atoms with Crippen molar-refractivity contribution in [2.75, 3.05) is 10.6 Å². The minimum absolute atomic E-state index is 0.932. The number of nitrogens with zero attached hydrogens (tertiary/aromatic N) is 2. The smallest absolute Gasteiger partial charge is 0.0867 e. The fraction of sp³-hybridized carbons (Fsp3) is 0.400. The first kappa shape index (κ1) is 25.5. The van der Waals surface area contributed by atoms with Gasteiger partial charge in [-0.15, -0.1) is 0 Å². The molecule has 4 heteroatoms. The number of hydrogen-bond donors (Lipinski definition) is 2. The molecule has 1 aliphatic rings. The standard InChI is InChI=1S/C30H40N4/c1-5-13-23-21-24(14-6-2)32-29-19-11-12-20-30(29)34-26(16-8-4)22-25(15-7-3)33-28-18-10-9-17-27(28)31-23/h9-12,17-22,31,34H,5-8,13-16H2,1-4H3/b23-21-,26-22-,32-24?,33-25?. The Morgan fingerprint density at radius 2 is 0.912 bits per heavy atom. The van der Waals surface area contributed by atoms with E-state index in [2.05, 4.69) is 99.0 Å². The molecule has 180 valence electrons. The Kier molecular flexibility index (Phi) is 10.1. The van der Waals surface area contributed by atoms with Crippen LogP contribution in [-0.4, -0.2) is 11.4 Å². The molecule has 0 saturated carbocycles. The molecule has 1 heterocycles. The van der Waals surface area contributed by atoms with Gasteiger partial charge in [0.15, 0.2) is 0 Å². The van der Waals surface area contributed by atoms with Crippen LogP contribution in [0.15, 0.2) is 82.1 Å². The number of allylic oxidation sites excluding steroid dienone is 4. The lowest BCUT2D eigenvalue weighted by Crippen LogP contribution is -2.07. The summed E-state index contributed by atoms with van der Waals surface area (Å²) in [7, 11) is 0. The first-order valence-electron chi connectivity index (χ1n) is 12.9. The summed E-state index contributed by atoms with van der Waals surface area (Å²) in [4.78, 5) is 10.3. The van der Waals surface area contributed by atoms with E-state index in [1.165, 1.54) is 11.4 Å². The second-order valence-electron chi connectivity index (χ2n) is 8.83. The summed E-state index contributed by atoms with van der Waals surface area (Å²) in [5.74, 6) is 0. The van der Waals surface area contributed by atoms with Crippen LogP contribution in [0.4, 0.5) is 22.7 Å². The summed E-state index contributed by atoms with van der Waals surface area (Å²) in [5, 5.41) is 7.40. The lowest BCUT2D eigenvalue weighted by atomic mass is 10.1. The third kappa shape index (κ3) is 7.44. The Hall–Kier alpha value is -3.14. The van der Waals surface area contributed by atoms with Crippen LogP contribution in [0.5, 0.6) is 0 Å². The van der Waals surface area contributed by atoms with Crippen molar-refractivity contribution in [3.05, 3.63) is 72.1 Å². The quantitative estimate of drug-likeness (QED) is 0.415. The van der Waals surface area contributed by atoms with E-state index < -0.39 is 0 Å². The van der Waals surface area contributed by atoms with Crippen molar-refractivity contribution in [1.29, 1.82) is 0 Å². The van der Waals surface area contributed by atoms with Gasteiger partial charge in [-0.1, -0.05) is 77.6 Å². The van der Waals surface area contributed by atoms with Gasteiger partial charge in [-0.05, 0) is 62.1 Å². The third-order valence-electron chi connectivity index (χ3n) is 5.66. The van der Waals surface area contributed by atoms with Gasteiger partial charge < -0.3 is 10.6 Å². The fourth-order valence-corrected chi connectivity index (χ4v) is 4.12. The normalized spacial score (nSPS) is 17.3. The number of anilines is 2. The zero-order valence-electron chi connectivity index (χ0n) is 21.3. The van der Waals surface area contributed by atoms with Crippen molar-refractivity contribution in [1.82, 2.24) is 0 Å². The number of rotatable bonds is 8. The maximum absolute atomic E-state index is 5.14. The Bertz CT molecular complexity index is 973. The highest BCUT2D eigenvalue weighted by Crippen LogP contribution is 2.31. The first-order chi connectivity index (χ1) is 16.7. The maximum atomic E-state index is 5.14. The van der Waals surface area contributed by atoms with Crippen molar-refractivity contribution in [3.63, 3.8) is 0 Å². The number of aliphatic imine (C=N–C) groups is 2. The minimum atomic E-state index is 0.932. The second-order valence-corrected chi connectivity index (χ2v) is 8.83. The predicted octanol–water partition coefficient (Wildman–Crippen LogP) is 9.34. The lowest BCUT2D eigenvalue weighted by molar-refractivity contribution is 0.907. The Balaban J connectivity index is 2.23. The summed E-state index contributed by atoms with van der Waals surface area (Å²) >= 11 is 0. The van der Waals surface area contributed by atoms with Crippen LogP contribution in [0.25, 0.3) is 0 Å². The highest BCUT2D eigenvalue weighted by molar-refractivity contribution is 6.00. The monoisotopic (exact) mass is 456 g/mol. The molecule has 34 heavy (non-hydrogen) atoms. The third-order valence-corrected chi connectivity index (χ3v) is 5.66. The predicted molar refractivity (Wildman–Crippen MR) is 150 cm³/mol. The lowest BCUT2D eigenvalue weighted by Gasteiger charge is -2.17. The molecule has 0 amide bonds. The fourth-order valence-electron chi connectivity index (χ4n) is 4.12. The van der Waals surface area contributed by atoms with Gasteiger partial charge in [-0.25, -0.2) is 0 Å².